The lowest BCUT2D eigenvalue weighted by Crippen LogP contribution is -2.33. The fourth-order valence-electron chi connectivity index (χ4n) is 2.72. The number of alkyl halides is 3. The van der Waals surface area contributed by atoms with Crippen molar-refractivity contribution in [3.05, 3.63) is 35.4 Å². The van der Waals surface area contributed by atoms with Crippen molar-refractivity contribution in [2.75, 3.05) is 26.7 Å². The van der Waals surface area contributed by atoms with Crippen molar-refractivity contribution < 1.29 is 22.8 Å². The Balaban J connectivity index is 2.25. The number of nitrogens with one attached hydrogen (secondary N) is 1. The first kappa shape index (κ1) is 23.1. The van der Waals surface area contributed by atoms with Gasteiger partial charge in [0.15, 0.2) is 5.78 Å². The van der Waals surface area contributed by atoms with Crippen molar-refractivity contribution in [3.63, 3.8) is 0 Å². The molecule has 0 saturated heterocycles. The van der Waals surface area contributed by atoms with E-state index in [0.717, 1.165) is 6.42 Å². The van der Waals surface area contributed by atoms with Crippen LogP contribution in [0, 0.1) is 5.92 Å². The van der Waals surface area contributed by atoms with Crippen LogP contribution < -0.4 is 5.32 Å². The van der Waals surface area contributed by atoms with E-state index in [1.807, 2.05) is 12.1 Å². The number of nitrogens with zero attached hydrogens (tertiary/aromatic N) is 1. The van der Waals surface area contributed by atoms with E-state index < -0.39 is 12.7 Å². The maximum Gasteiger partial charge on any atom is 0.401 e. The molecule has 1 aromatic carbocycles. The Labute approximate surface area is 159 Å². The zero-order chi connectivity index (χ0) is 20.4. The van der Waals surface area contributed by atoms with E-state index in [9.17, 15) is 22.8 Å². The number of carbonyl (C=O) groups excluding carboxylic acids is 2. The minimum Gasteiger partial charge on any atom is -0.356 e. The summed E-state index contributed by atoms with van der Waals surface area (Å²) in [5.41, 5.74) is 1.76. The van der Waals surface area contributed by atoms with Crippen LogP contribution in [-0.4, -0.2) is 49.4 Å². The Hall–Kier alpha value is -1.89. The number of hydrogen-bond donors (Lipinski definition) is 1. The molecule has 0 aliphatic heterocycles. The average molecular weight is 386 g/mol. The summed E-state index contributed by atoms with van der Waals surface area (Å²) in [6, 6.07) is 7.44. The minimum absolute atomic E-state index is 0.0744. The van der Waals surface area contributed by atoms with E-state index in [1.54, 1.807) is 12.1 Å². The van der Waals surface area contributed by atoms with Crippen LogP contribution in [0.1, 0.15) is 49.0 Å². The molecule has 0 heterocycles. The topological polar surface area (TPSA) is 49.4 Å². The monoisotopic (exact) mass is 386 g/mol. The normalized spacial score (nSPS) is 11.9. The molecule has 0 bridgehead atoms. The average Bonchev–Trinajstić information content (AvgIpc) is 2.55. The first-order chi connectivity index (χ1) is 12.6. The molecule has 0 saturated carbocycles. The summed E-state index contributed by atoms with van der Waals surface area (Å²) < 4.78 is 36.6. The number of benzene rings is 1. The number of hydrogen-bond acceptors (Lipinski definition) is 3. The molecule has 1 N–H and O–H groups in total. The highest BCUT2D eigenvalue weighted by atomic mass is 19.4. The first-order valence-corrected chi connectivity index (χ1v) is 9.21. The van der Waals surface area contributed by atoms with E-state index in [1.165, 1.54) is 17.5 Å². The highest BCUT2D eigenvalue weighted by Gasteiger charge is 2.28. The number of ketones is 1. The second kappa shape index (κ2) is 11.1. The predicted octanol–water partition coefficient (Wildman–Crippen LogP) is 3.85. The van der Waals surface area contributed by atoms with Gasteiger partial charge in [-0.15, -0.1) is 0 Å². The lowest BCUT2D eigenvalue weighted by atomic mass is 9.99. The molecule has 1 aromatic rings. The van der Waals surface area contributed by atoms with Crippen LogP contribution >= 0.6 is 0 Å². The largest absolute Gasteiger partial charge is 0.401 e. The molecule has 1 rings (SSSR count). The summed E-state index contributed by atoms with van der Waals surface area (Å²) in [4.78, 5) is 25.1. The zero-order valence-electron chi connectivity index (χ0n) is 16.2. The molecular formula is C20H29F3N2O2. The fourth-order valence-corrected chi connectivity index (χ4v) is 2.72. The molecule has 0 aromatic heterocycles. The summed E-state index contributed by atoms with van der Waals surface area (Å²) in [7, 11) is 1.39. The molecule has 0 aliphatic rings. The number of carbonyl (C=O) groups is 2. The minimum atomic E-state index is -4.22. The van der Waals surface area contributed by atoms with E-state index in [0.29, 0.717) is 24.4 Å². The molecule has 0 spiro atoms. The van der Waals surface area contributed by atoms with Gasteiger partial charge < -0.3 is 5.32 Å². The van der Waals surface area contributed by atoms with Crippen molar-refractivity contribution in [3.8, 4) is 0 Å². The van der Waals surface area contributed by atoms with E-state index >= 15 is 0 Å². The van der Waals surface area contributed by atoms with Gasteiger partial charge in [0.2, 0.25) is 5.91 Å². The second-order valence-electron chi connectivity index (χ2n) is 7.27. The molecule has 4 nitrogen and oxygen atoms in total. The molecule has 0 radical (unpaired) electrons. The van der Waals surface area contributed by atoms with Crippen LogP contribution in [0.2, 0.25) is 0 Å². The summed E-state index contributed by atoms with van der Waals surface area (Å²) in [6.07, 6.45) is -2.65. The van der Waals surface area contributed by atoms with Gasteiger partial charge in [-0.3, -0.25) is 14.5 Å². The van der Waals surface area contributed by atoms with Gasteiger partial charge in [-0.25, -0.2) is 0 Å². The maximum absolute atomic E-state index is 12.2. The fraction of sp³-hybridized carbons (Fsp3) is 0.600. The van der Waals surface area contributed by atoms with Crippen LogP contribution in [0.4, 0.5) is 13.2 Å². The smallest absolute Gasteiger partial charge is 0.356 e. The van der Waals surface area contributed by atoms with Crippen LogP contribution in [0.3, 0.4) is 0 Å². The SMILES string of the molecule is CC(C)Cc1ccc(C(=O)CCC(=O)NCCCN(C)CC(F)(F)F)cc1. The zero-order valence-corrected chi connectivity index (χ0v) is 16.2. The van der Waals surface area contributed by atoms with Gasteiger partial charge in [-0.2, -0.15) is 13.2 Å². The lowest BCUT2D eigenvalue weighted by molar-refractivity contribution is -0.143. The molecule has 0 fully saturated rings. The number of halogens is 3. The van der Waals surface area contributed by atoms with Gasteiger partial charge in [-0.05, 0) is 37.9 Å². The van der Waals surface area contributed by atoms with E-state index in [2.05, 4.69) is 19.2 Å². The third kappa shape index (κ3) is 10.8. The molecule has 7 heteroatoms. The van der Waals surface area contributed by atoms with Crippen LogP contribution in [-0.2, 0) is 11.2 Å². The molecule has 152 valence electrons. The third-order valence-corrected chi connectivity index (χ3v) is 3.99. The Bertz CT molecular complexity index is 598. The highest BCUT2D eigenvalue weighted by molar-refractivity contribution is 5.97. The van der Waals surface area contributed by atoms with Crippen molar-refractivity contribution in [2.24, 2.45) is 5.92 Å². The van der Waals surface area contributed by atoms with Crippen molar-refractivity contribution in [1.29, 1.82) is 0 Å². The molecule has 27 heavy (non-hydrogen) atoms. The standard InChI is InChI=1S/C20H29F3N2O2/c1-15(2)13-16-5-7-17(8-6-16)18(26)9-10-19(27)24-11-4-12-25(3)14-20(21,22)23/h5-8,15H,4,9-14H2,1-3H3,(H,24,27). The second-order valence-corrected chi connectivity index (χ2v) is 7.27. The van der Waals surface area contributed by atoms with Crippen LogP contribution in [0.5, 0.6) is 0 Å². The van der Waals surface area contributed by atoms with Gasteiger partial charge in [0.1, 0.15) is 0 Å². The summed E-state index contributed by atoms with van der Waals surface area (Å²) in [5, 5.41) is 2.64. The summed E-state index contributed by atoms with van der Waals surface area (Å²) in [5.74, 6) is 0.188. The Morgan fingerprint density at radius 2 is 1.74 bits per heavy atom. The molecule has 1 amide bonds. The quantitative estimate of drug-likeness (QED) is 0.464. The highest BCUT2D eigenvalue weighted by Crippen LogP contribution is 2.15. The van der Waals surface area contributed by atoms with Crippen molar-refractivity contribution in [2.45, 2.75) is 45.7 Å². The molecule has 0 unspecified atom stereocenters. The maximum atomic E-state index is 12.2. The van der Waals surface area contributed by atoms with E-state index in [4.69, 9.17) is 0 Å². The van der Waals surface area contributed by atoms with Crippen LogP contribution in [0.25, 0.3) is 0 Å². The van der Waals surface area contributed by atoms with Gasteiger partial charge in [0.25, 0.3) is 0 Å². The van der Waals surface area contributed by atoms with Gasteiger partial charge in [0, 0.05) is 24.9 Å². The van der Waals surface area contributed by atoms with E-state index in [-0.39, 0.29) is 31.1 Å². The van der Waals surface area contributed by atoms with Gasteiger partial charge in [0.05, 0.1) is 6.54 Å². The van der Waals surface area contributed by atoms with Crippen molar-refractivity contribution >= 4 is 11.7 Å². The van der Waals surface area contributed by atoms with Crippen molar-refractivity contribution in [1.82, 2.24) is 10.2 Å². The first-order valence-electron chi connectivity index (χ1n) is 9.21. The number of Topliss-reactive ketones (excluding diaryl/α,β-unsaturated/α-hetero) is 1. The Morgan fingerprint density at radius 3 is 2.30 bits per heavy atom. The third-order valence-electron chi connectivity index (χ3n) is 3.99. The predicted molar refractivity (Wildman–Crippen MR) is 99.7 cm³/mol. The number of rotatable bonds is 11. The molecular weight excluding hydrogens is 357 g/mol. The number of amides is 1. The Morgan fingerprint density at radius 1 is 1.11 bits per heavy atom. The van der Waals surface area contributed by atoms with Crippen LogP contribution in [0.15, 0.2) is 24.3 Å². The molecule has 0 atom stereocenters. The molecule has 0 aliphatic carbocycles. The Kier molecular flexibility index (Phi) is 9.49. The summed E-state index contributed by atoms with van der Waals surface area (Å²) >= 11 is 0. The lowest BCUT2D eigenvalue weighted by Gasteiger charge is -2.18. The van der Waals surface area contributed by atoms with Gasteiger partial charge >= 0.3 is 6.18 Å². The summed E-state index contributed by atoms with van der Waals surface area (Å²) in [6.45, 7) is 3.82. The van der Waals surface area contributed by atoms with Gasteiger partial charge in [-0.1, -0.05) is 38.1 Å².